The second-order valence-electron chi connectivity index (χ2n) is 6.11. The second-order valence-corrected chi connectivity index (χ2v) is 6.11. The van der Waals surface area contributed by atoms with Crippen LogP contribution in [0.25, 0.3) is 0 Å². The fraction of sp³-hybridized carbons (Fsp3) is 0.389. The Morgan fingerprint density at radius 2 is 2.08 bits per heavy atom. The van der Waals surface area contributed by atoms with Crippen LogP contribution in [0, 0.1) is 0 Å². The predicted octanol–water partition coefficient (Wildman–Crippen LogP) is 0.767. The zero-order chi connectivity index (χ0) is 17.8. The standard InChI is InChI=1S/C18H22N4O3/c1-20-10-11-21(17(23)13-22-9-5-8-19-18(22)24)12-15(20)14-6-3-4-7-16(14)25-2/h3-9,15H,10-13H2,1-2H3/t15-/m0/s1. The van der Waals surface area contributed by atoms with Gasteiger partial charge in [0.1, 0.15) is 12.3 Å². The second kappa shape index (κ2) is 7.48. The maximum Gasteiger partial charge on any atom is 0.347 e. The number of carbonyl (C=O) groups excluding carboxylic acids is 1. The molecule has 25 heavy (non-hydrogen) atoms. The third-order valence-electron chi connectivity index (χ3n) is 4.59. The summed E-state index contributed by atoms with van der Waals surface area (Å²) in [4.78, 5) is 32.1. The van der Waals surface area contributed by atoms with Crippen molar-refractivity contribution in [3.8, 4) is 5.75 Å². The Hall–Kier alpha value is -2.67. The molecule has 3 rings (SSSR count). The molecule has 2 aromatic rings. The van der Waals surface area contributed by atoms with Crippen LogP contribution in [-0.4, -0.2) is 59.0 Å². The lowest BCUT2D eigenvalue weighted by atomic mass is 10.0. The summed E-state index contributed by atoms with van der Waals surface area (Å²) < 4.78 is 6.80. The highest BCUT2D eigenvalue weighted by atomic mass is 16.5. The molecule has 0 saturated carbocycles. The molecule has 1 aliphatic heterocycles. The van der Waals surface area contributed by atoms with Gasteiger partial charge in [0.2, 0.25) is 5.91 Å². The van der Waals surface area contributed by atoms with Crippen molar-refractivity contribution < 1.29 is 9.53 Å². The van der Waals surface area contributed by atoms with E-state index in [9.17, 15) is 9.59 Å². The Morgan fingerprint density at radius 3 is 2.84 bits per heavy atom. The molecule has 0 aliphatic carbocycles. The zero-order valence-corrected chi connectivity index (χ0v) is 14.5. The van der Waals surface area contributed by atoms with Gasteiger partial charge < -0.3 is 9.64 Å². The maximum atomic E-state index is 12.6. The van der Waals surface area contributed by atoms with E-state index in [1.165, 1.54) is 10.8 Å². The highest BCUT2D eigenvalue weighted by Gasteiger charge is 2.30. The largest absolute Gasteiger partial charge is 0.496 e. The van der Waals surface area contributed by atoms with E-state index in [1.54, 1.807) is 24.3 Å². The van der Waals surface area contributed by atoms with Gasteiger partial charge in [-0.2, -0.15) is 0 Å². The molecule has 1 fully saturated rings. The van der Waals surface area contributed by atoms with Crippen molar-refractivity contribution in [2.24, 2.45) is 0 Å². The topological polar surface area (TPSA) is 67.7 Å². The fourth-order valence-corrected chi connectivity index (χ4v) is 3.13. The van der Waals surface area contributed by atoms with Gasteiger partial charge in [0.25, 0.3) is 0 Å². The molecule has 2 heterocycles. The molecule has 1 aromatic heterocycles. The van der Waals surface area contributed by atoms with Gasteiger partial charge in [-0.3, -0.25) is 14.3 Å². The van der Waals surface area contributed by atoms with Crippen molar-refractivity contribution in [2.75, 3.05) is 33.8 Å². The molecule has 0 radical (unpaired) electrons. The Balaban J connectivity index is 1.77. The predicted molar refractivity (Wildman–Crippen MR) is 93.4 cm³/mol. The number of para-hydroxylation sites is 1. The summed E-state index contributed by atoms with van der Waals surface area (Å²) >= 11 is 0. The number of rotatable bonds is 4. The molecule has 0 unspecified atom stereocenters. The molecule has 0 spiro atoms. The molecule has 132 valence electrons. The molecular formula is C18H22N4O3. The van der Waals surface area contributed by atoms with E-state index < -0.39 is 5.69 Å². The molecule has 7 heteroatoms. The number of piperazine rings is 1. The van der Waals surface area contributed by atoms with Crippen LogP contribution in [0.2, 0.25) is 0 Å². The number of hydrogen-bond donors (Lipinski definition) is 0. The lowest BCUT2D eigenvalue weighted by molar-refractivity contribution is -0.134. The average Bonchev–Trinajstić information content (AvgIpc) is 2.64. The first-order chi connectivity index (χ1) is 12.1. The van der Waals surface area contributed by atoms with Crippen molar-refractivity contribution in [1.29, 1.82) is 0 Å². The molecule has 1 saturated heterocycles. The summed E-state index contributed by atoms with van der Waals surface area (Å²) in [5.74, 6) is 0.736. The monoisotopic (exact) mass is 342 g/mol. The lowest BCUT2D eigenvalue weighted by Gasteiger charge is -2.40. The number of methoxy groups -OCH3 is 1. The van der Waals surface area contributed by atoms with Crippen LogP contribution in [-0.2, 0) is 11.3 Å². The van der Waals surface area contributed by atoms with Gasteiger partial charge in [-0.1, -0.05) is 18.2 Å². The molecule has 0 N–H and O–H groups in total. The van der Waals surface area contributed by atoms with Gasteiger partial charge >= 0.3 is 5.69 Å². The van der Waals surface area contributed by atoms with E-state index in [2.05, 4.69) is 9.88 Å². The van der Waals surface area contributed by atoms with Crippen molar-refractivity contribution in [1.82, 2.24) is 19.4 Å². The first-order valence-corrected chi connectivity index (χ1v) is 8.22. The Bertz CT molecular complexity index is 805. The van der Waals surface area contributed by atoms with Gasteiger partial charge in [-0.25, -0.2) is 9.78 Å². The summed E-state index contributed by atoms with van der Waals surface area (Å²) in [5, 5.41) is 0. The maximum absolute atomic E-state index is 12.6. The minimum Gasteiger partial charge on any atom is -0.496 e. The third kappa shape index (κ3) is 3.71. The number of amides is 1. The van der Waals surface area contributed by atoms with Crippen LogP contribution in [0.5, 0.6) is 5.75 Å². The molecule has 7 nitrogen and oxygen atoms in total. The van der Waals surface area contributed by atoms with E-state index in [1.807, 2.05) is 31.3 Å². The minimum absolute atomic E-state index is 0.00896. The van der Waals surface area contributed by atoms with Crippen LogP contribution < -0.4 is 10.4 Å². The quantitative estimate of drug-likeness (QED) is 0.821. The number of nitrogens with zero attached hydrogens (tertiary/aromatic N) is 4. The van der Waals surface area contributed by atoms with Crippen LogP contribution in [0.4, 0.5) is 0 Å². The highest BCUT2D eigenvalue weighted by Crippen LogP contribution is 2.31. The number of aromatic nitrogens is 2. The van der Waals surface area contributed by atoms with Gasteiger partial charge in [0.05, 0.1) is 13.2 Å². The SMILES string of the molecule is COc1ccccc1[C@@H]1CN(C(=O)Cn2cccnc2=O)CCN1C. The van der Waals surface area contributed by atoms with Gasteiger partial charge in [-0.05, 0) is 19.2 Å². The van der Waals surface area contributed by atoms with Crippen molar-refractivity contribution in [3.63, 3.8) is 0 Å². The number of ether oxygens (including phenoxy) is 1. The first kappa shape index (κ1) is 17.2. The minimum atomic E-state index is -0.411. The average molecular weight is 342 g/mol. The number of likely N-dealkylation sites (N-methyl/N-ethyl adjacent to an activating group) is 1. The molecule has 0 bridgehead atoms. The summed E-state index contributed by atoms with van der Waals surface area (Å²) in [7, 11) is 3.70. The van der Waals surface area contributed by atoms with E-state index in [-0.39, 0.29) is 18.5 Å². The summed E-state index contributed by atoms with van der Waals surface area (Å²) in [6, 6.07) is 9.57. The Labute approximate surface area is 146 Å². The molecule has 1 atom stereocenters. The first-order valence-electron chi connectivity index (χ1n) is 8.22. The normalized spacial score (nSPS) is 18.2. The van der Waals surface area contributed by atoms with E-state index in [0.717, 1.165) is 17.9 Å². The fourth-order valence-electron chi connectivity index (χ4n) is 3.13. The molecular weight excluding hydrogens is 320 g/mol. The smallest absolute Gasteiger partial charge is 0.347 e. The Morgan fingerprint density at radius 1 is 1.28 bits per heavy atom. The zero-order valence-electron chi connectivity index (χ0n) is 14.5. The number of hydrogen-bond acceptors (Lipinski definition) is 5. The van der Waals surface area contributed by atoms with Crippen LogP contribution in [0.15, 0.2) is 47.5 Å². The molecule has 1 amide bonds. The van der Waals surface area contributed by atoms with Crippen LogP contribution >= 0.6 is 0 Å². The number of benzene rings is 1. The van der Waals surface area contributed by atoms with E-state index in [0.29, 0.717) is 13.1 Å². The van der Waals surface area contributed by atoms with Crippen molar-refractivity contribution in [3.05, 3.63) is 58.8 Å². The van der Waals surface area contributed by atoms with E-state index in [4.69, 9.17) is 4.74 Å². The van der Waals surface area contributed by atoms with Crippen molar-refractivity contribution >= 4 is 5.91 Å². The highest BCUT2D eigenvalue weighted by molar-refractivity contribution is 5.76. The van der Waals surface area contributed by atoms with Crippen LogP contribution in [0.1, 0.15) is 11.6 Å². The molecule has 1 aliphatic rings. The van der Waals surface area contributed by atoms with Crippen LogP contribution in [0.3, 0.4) is 0 Å². The summed E-state index contributed by atoms with van der Waals surface area (Å²) in [6.07, 6.45) is 3.01. The summed E-state index contributed by atoms with van der Waals surface area (Å²) in [5.41, 5.74) is 0.648. The number of carbonyl (C=O) groups is 1. The third-order valence-corrected chi connectivity index (χ3v) is 4.59. The van der Waals surface area contributed by atoms with Gasteiger partial charge in [0, 0.05) is 37.6 Å². The lowest BCUT2D eigenvalue weighted by Crippen LogP contribution is -2.50. The molecule has 1 aromatic carbocycles. The van der Waals surface area contributed by atoms with Crippen molar-refractivity contribution in [2.45, 2.75) is 12.6 Å². The van der Waals surface area contributed by atoms with Gasteiger partial charge in [0.15, 0.2) is 0 Å². The van der Waals surface area contributed by atoms with E-state index >= 15 is 0 Å². The summed E-state index contributed by atoms with van der Waals surface area (Å²) in [6.45, 7) is 1.96. The van der Waals surface area contributed by atoms with Gasteiger partial charge in [-0.15, -0.1) is 0 Å². The Kier molecular flexibility index (Phi) is 5.14.